The molecular weight excluding hydrogens is 607 g/mol. The summed E-state index contributed by atoms with van der Waals surface area (Å²) in [5.41, 5.74) is 0.756. The number of aliphatic hydroxyl groups is 2. The first-order chi connectivity index (χ1) is 18.2. The fourth-order valence-electron chi connectivity index (χ4n) is 4.64. The molecule has 1 aromatic carbocycles. The zero-order chi connectivity index (χ0) is 27.8. The van der Waals surface area contributed by atoms with Crippen molar-refractivity contribution in [2.24, 2.45) is 11.8 Å². The Hall–Kier alpha value is -2.22. The first-order valence-electron chi connectivity index (χ1n) is 12.9. The van der Waals surface area contributed by atoms with Crippen molar-refractivity contribution in [3.63, 3.8) is 0 Å². The average molecular weight is 645 g/mol. The van der Waals surface area contributed by atoms with Crippen molar-refractivity contribution >= 4 is 40.7 Å². The molecule has 1 unspecified atom stereocenters. The fourth-order valence-corrected chi connectivity index (χ4v) is 5.39. The number of aliphatic hydroxyl groups excluding tert-OH is 2. The largest absolute Gasteiger partial charge is 0.493 e. The lowest BCUT2D eigenvalue weighted by Crippen LogP contribution is -2.56. The van der Waals surface area contributed by atoms with Crippen molar-refractivity contribution in [3.8, 4) is 11.5 Å². The summed E-state index contributed by atoms with van der Waals surface area (Å²) in [5.74, 6) is 0.141. The van der Waals surface area contributed by atoms with Crippen molar-refractivity contribution in [2.45, 2.75) is 51.4 Å². The number of hydrogen-bond acceptors (Lipinski definition) is 8. The van der Waals surface area contributed by atoms with Gasteiger partial charge in [0, 0.05) is 37.3 Å². The van der Waals surface area contributed by atoms with Crippen LogP contribution in [0.3, 0.4) is 0 Å². The van der Waals surface area contributed by atoms with Crippen LogP contribution in [0.4, 0.5) is 0 Å². The molecule has 38 heavy (non-hydrogen) atoms. The topological polar surface area (TPSA) is 135 Å². The Labute approximate surface area is 236 Å². The third kappa shape index (κ3) is 7.45. The van der Waals surface area contributed by atoms with Gasteiger partial charge in [-0.2, -0.15) is 0 Å². The second-order valence-electron chi connectivity index (χ2n) is 9.94. The van der Waals surface area contributed by atoms with Crippen molar-refractivity contribution in [1.82, 2.24) is 10.2 Å². The second kappa shape index (κ2) is 14.2. The predicted octanol–water partition coefficient (Wildman–Crippen LogP) is 1.94. The van der Waals surface area contributed by atoms with Gasteiger partial charge in [0.2, 0.25) is 11.8 Å². The lowest BCUT2D eigenvalue weighted by molar-refractivity contribution is -0.143. The molecule has 0 spiro atoms. The summed E-state index contributed by atoms with van der Waals surface area (Å²) < 4.78 is 17.7. The van der Waals surface area contributed by atoms with E-state index in [1.807, 2.05) is 22.6 Å². The van der Waals surface area contributed by atoms with Gasteiger partial charge in [0.1, 0.15) is 18.5 Å². The minimum atomic E-state index is -1.14. The van der Waals surface area contributed by atoms with E-state index in [0.29, 0.717) is 64.6 Å². The van der Waals surface area contributed by atoms with Crippen LogP contribution in [0.2, 0.25) is 0 Å². The maximum atomic E-state index is 13.6. The number of amides is 2. The van der Waals surface area contributed by atoms with Crippen LogP contribution < -0.4 is 14.8 Å². The number of halogens is 1. The highest BCUT2D eigenvalue weighted by Gasteiger charge is 2.42. The van der Waals surface area contributed by atoms with E-state index in [1.165, 1.54) is 13.2 Å². The molecule has 0 radical (unpaired) electrons. The van der Waals surface area contributed by atoms with Crippen molar-refractivity contribution in [1.29, 1.82) is 0 Å². The highest BCUT2D eigenvalue weighted by atomic mass is 127. The Morgan fingerprint density at radius 2 is 2.11 bits per heavy atom. The maximum absolute atomic E-state index is 13.6. The smallest absolute Gasteiger partial charge is 0.247 e. The van der Waals surface area contributed by atoms with Gasteiger partial charge in [-0.25, -0.2) is 0 Å². The van der Waals surface area contributed by atoms with Crippen molar-refractivity contribution < 1.29 is 38.8 Å². The summed E-state index contributed by atoms with van der Waals surface area (Å²) in [6.45, 7) is 5.25. The molecule has 2 amide bonds. The lowest BCUT2D eigenvalue weighted by Gasteiger charge is -2.41. The van der Waals surface area contributed by atoms with Crippen LogP contribution in [0.15, 0.2) is 23.8 Å². The minimum absolute atomic E-state index is 0.0726. The van der Waals surface area contributed by atoms with Crippen LogP contribution in [0.25, 0.3) is 0 Å². The predicted molar refractivity (Wildman–Crippen MR) is 148 cm³/mol. The Kier molecular flexibility index (Phi) is 11.4. The molecule has 0 saturated carbocycles. The van der Waals surface area contributed by atoms with Gasteiger partial charge in [-0.1, -0.05) is 13.8 Å². The van der Waals surface area contributed by atoms with Crippen molar-refractivity contribution in [3.05, 3.63) is 32.9 Å². The minimum Gasteiger partial charge on any atom is -0.493 e. The van der Waals surface area contributed by atoms with Crippen LogP contribution in [0.1, 0.15) is 43.5 Å². The van der Waals surface area contributed by atoms with E-state index < -0.39 is 24.2 Å². The molecule has 4 atom stereocenters. The number of hydrogen-bond donors (Lipinski definition) is 3. The van der Waals surface area contributed by atoms with E-state index in [0.717, 1.165) is 6.42 Å². The molecular formula is C27H37IN2O8. The summed E-state index contributed by atoms with van der Waals surface area (Å²) in [5, 5.41) is 23.4. The Morgan fingerprint density at radius 1 is 1.34 bits per heavy atom. The van der Waals surface area contributed by atoms with E-state index in [1.54, 1.807) is 17.0 Å². The average Bonchev–Trinajstić information content (AvgIpc) is 3.44. The molecule has 10 nitrogen and oxygen atoms in total. The van der Waals surface area contributed by atoms with Gasteiger partial charge in [-0.05, 0) is 59.6 Å². The number of nitrogens with zero attached hydrogens (tertiary/aromatic N) is 1. The Bertz CT molecular complexity index is 1020. The van der Waals surface area contributed by atoms with Crippen molar-refractivity contribution in [2.75, 3.05) is 40.0 Å². The van der Waals surface area contributed by atoms with Crippen LogP contribution in [0.5, 0.6) is 11.5 Å². The van der Waals surface area contributed by atoms with Gasteiger partial charge >= 0.3 is 0 Å². The summed E-state index contributed by atoms with van der Waals surface area (Å²) in [6, 6.07) is 2.45. The molecule has 1 aliphatic heterocycles. The molecule has 1 fully saturated rings. The number of carbonyl (C=O) groups excluding carboxylic acids is 3. The first kappa shape index (κ1) is 30.3. The SMILES string of the molecule is COc1cc(C=O)cc(I)c1O[C@H]1C=C(C(=O)NCCO)C[C@@H](N(CCC(C)C)C(=O)C2CCOC2)[C@@H]1O. The zero-order valence-corrected chi connectivity index (χ0v) is 24.2. The van der Waals surface area contributed by atoms with Gasteiger partial charge in [0.05, 0.1) is 35.9 Å². The fraction of sp³-hybridized carbons (Fsp3) is 0.593. The van der Waals surface area contributed by atoms with E-state index in [9.17, 15) is 24.6 Å². The van der Waals surface area contributed by atoms with E-state index in [2.05, 4.69) is 19.2 Å². The molecule has 3 rings (SSSR count). The van der Waals surface area contributed by atoms with E-state index >= 15 is 0 Å². The van der Waals surface area contributed by atoms with Gasteiger partial charge in [0.15, 0.2) is 11.5 Å². The Morgan fingerprint density at radius 3 is 2.71 bits per heavy atom. The highest BCUT2D eigenvalue weighted by molar-refractivity contribution is 14.1. The van der Waals surface area contributed by atoms with Crippen LogP contribution >= 0.6 is 22.6 Å². The van der Waals surface area contributed by atoms with Crippen LogP contribution in [0, 0.1) is 15.4 Å². The monoisotopic (exact) mass is 644 g/mol. The standard InChI is InChI=1S/C27H37IN2O8/c1-16(2)4-7-30(27(35)18-5-9-37-15-18)21-12-19(26(34)29-6-8-31)13-22(24(21)33)38-25-20(28)10-17(14-32)11-23(25)36-3/h10-11,13-14,16,18,21-22,24,31,33H,4-9,12,15H2,1-3H3,(H,29,34)/t18?,21-,22+,24+/m1/s1. The number of rotatable bonds is 12. The number of methoxy groups -OCH3 is 1. The molecule has 11 heteroatoms. The van der Waals surface area contributed by atoms with E-state index in [-0.39, 0.29) is 31.4 Å². The molecule has 210 valence electrons. The molecule has 1 heterocycles. The summed E-state index contributed by atoms with van der Waals surface area (Å²) in [4.78, 5) is 39.6. The summed E-state index contributed by atoms with van der Waals surface area (Å²) in [6.07, 6.45) is 1.60. The molecule has 1 saturated heterocycles. The van der Waals surface area contributed by atoms with Gasteiger partial charge in [0.25, 0.3) is 0 Å². The number of nitrogens with one attached hydrogen (secondary N) is 1. The molecule has 0 aromatic heterocycles. The molecule has 1 aromatic rings. The molecule has 2 aliphatic rings. The van der Waals surface area contributed by atoms with Gasteiger partial charge in [-0.3, -0.25) is 14.4 Å². The zero-order valence-electron chi connectivity index (χ0n) is 22.0. The van der Waals surface area contributed by atoms with Crippen LogP contribution in [-0.4, -0.2) is 91.5 Å². The maximum Gasteiger partial charge on any atom is 0.247 e. The lowest BCUT2D eigenvalue weighted by atomic mass is 9.87. The van der Waals surface area contributed by atoms with Crippen LogP contribution in [-0.2, 0) is 14.3 Å². The number of carbonyl (C=O) groups is 3. The number of ether oxygens (including phenoxy) is 3. The molecule has 0 bridgehead atoms. The first-order valence-corrected chi connectivity index (χ1v) is 13.9. The quantitative estimate of drug-likeness (QED) is 0.232. The second-order valence-corrected chi connectivity index (χ2v) is 11.1. The van der Waals surface area contributed by atoms with Gasteiger partial charge in [-0.15, -0.1) is 0 Å². The van der Waals surface area contributed by atoms with Gasteiger partial charge < -0.3 is 34.6 Å². The molecule has 1 aliphatic carbocycles. The molecule has 3 N–H and O–H groups in total. The third-order valence-electron chi connectivity index (χ3n) is 6.77. The third-order valence-corrected chi connectivity index (χ3v) is 7.57. The Balaban J connectivity index is 1.99. The highest BCUT2D eigenvalue weighted by Crippen LogP contribution is 2.37. The normalized spacial score (nSPS) is 23.1. The van der Waals surface area contributed by atoms with E-state index in [4.69, 9.17) is 14.2 Å². The summed E-state index contributed by atoms with van der Waals surface area (Å²) >= 11 is 2.02. The summed E-state index contributed by atoms with van der Waals surface area (Å²) in [7, 11) is 1.45. The number of benzene rings is 1. The number of aldehydes is 1.